The molecule has 0 unspecified atom stereocenters. The number of thioether (sulfide) groups is 1. The van der Waals surface area contributed by atoms with Crippen LogP contribution in [-0.4, -0.2) is 11.9 Å². The molecule has 0 heterocycles. The van der Waals surface area contributed by atoms with Gasteiger partial charge < -0.3 is 0 Å². The maximum Gasteiger partial charge on any atom is 0.426 e. The smallest absolute Gasteiger partial charge is 0.165 e. The normalized spacial score (nSPS) is 13.6. The van der Waals surface area contributed by atoms with E-state index in [2.05, 4.69) is 0 Å². The molecule has 0 atom stereocenters. The summed E-state index contributed by atoms with van der Waals surface area (Å²) in [5.74, 6) is 2.10. The summed E-state index contributed by atoms with van der Waals surface area (Å²) in [5.41, 5.74) is 0. The lowest BCUT2D eigenvalue weighted by atomic mass is 10.5. The van der Waals surface area contributed by atoms with E-state index >= 15 is 0 Å². The molecule has 0 saturated heterocycles. The molecule has 5 heteroatoms. The van der Waals surface area contributed by atoms with Gasteiger partial charge in [-0.1, -0.05) is 24.6 Å². The molecule has 0 aromatic carbocycles. The zero-order valence-corrected chi connectivity index (χ0v) is 8.06. The van der Waals surface area contributed by atoms with E-state index in [1.165, 1.54) is 11.8 Å². The number of allylic oxidation sites excluding steroid dienone is 1. The Hall–Kier alpha value is 0.170. The van der Waals surface area contributed by atoms with Gasteiger partial charge in [0.25, 0.3) is 0 Å². The van der Waals surface area contributed by atoms with Crippen molar-refractivity contribution in [2.24, 2.45) is 0 Å². The van der Waals surface area contributed by atoms with Gasteiger partial charge in [-0.2, -0.15) is 24.9 Å². The molecule has 12 heavy (non-hydrogen) atoms. The first-order valence-corrected chi connectivity index (χ1v) is 4.77. The summed E-state index contributed by atoms with van der Waals surface area (Å²) < 4.78 is 35.2. The van der Waals surface area contributed by atoms with E-state index in [9.17, 15) is 13.2 Å². The molecule has 0 aliphatic heterocycles. The van der Waals surface area contributed by atoms with E-state index in [0.717, 1.165) is 12.5 Å². The quantitative estimate of drug-likeness (QED) is 0.642. The lowest BCUT2D eigenvalue weighted by Gasteiger charge is -2.03. The van der Waals surface area contributed by atoms with Crippen LogP contribution < -0.4 is 0 Å². The maximum absolute atomic E-state index is 11.7. The average Bonchev–Trinajstić information content (AvgIpc) is 1.96. The Labute approximate surface area is 79.2 Å². The molecule has 0 rings (SSSR count). The van der Waals surface area contributed by atoms with Gasteiger partial charge in [0.05, 0.1) is 0 Å². The Morgan fingerprint density at radius 1 is 1.50 bits per heavy atom. The van der Waals surface area contributed by atoms with E-state index in [4.69, 9.17) is 11.6 Å². The number of halogens is 4. The second-order valence-corrected chi connectivity index (χ2v) is 3.37. The minimum Gasteiger partial charge on any atom is -0.165 e. The molecule has 0 aliphatic carbocycles. The van der Waals surface area contributed by atoms with Crippen molar-refractivity contribution < 1.29 is 13.2 Å². The van der Waals surface area contributed by atoms with Crippen LogP contribution in [0.15, 0.2) is 11.1 Å². The second-order valence-electron chi connectivity index (χ2n) is 1.96. The fraction of sp³-hybridized carbons (Fsp3) is 0.571. The fourth-order valence-corrected chi connectivity index (χ4v) is 1.23. The average molecular weight is 218 g/mol. The van der Waals surface area contributed by atoms with Crippen molar-refractivity contribution in [2.45, 2.75) is 19.5 Å². The molecule has 0 saturated carbocycles. The van der Waals surface area contributed by atoms with E-state index in [-0.39, 0.29) is 5.75 Å². The third-order valence-corrected chi connectivity index (χ3v) is 2.21. The number of hydrogen-bond donors (Lipinski definition) is 0. The van der Waals surface area contributed by atoms with Crippen LogP contribution in [0.3, 0.4) is 0 Å². The van der Waals surface area contributed by atoms with Crippen LogP contribution in [0.2, 0.25) is 0 Å². The van der Waals surface area contributed by atoms with Crippen molar-refractivity contribution in [3.63, 3.8) is 0 Å². The third kappa shape index (κ3) is 5.77. The summed E-state index contributed by atoms with van der Waals surface area (Å²) in [7, 11) is 0. The molecule has 71 valence electrons. The van der Waals surface area contributed by atoms with Crippen molar-refractivity contribution in [3.8, 4) is 0 Å². The summed E-state index contributed by atoms with van der Waals surface area (Å²) >= 11 is 6.26. The Kier molecular flexibility index (Phi) is 5.84. The number of rotatable bonds is 4. The minimum absolute atomic E-state index is 0.270. The van der Waals surface area contributed by atoms with Gasteiger partial charge in [0.2, 0.25) is 0 Å². The van der Waals surface area contributed by atoms with E-state index in [0.29, 0.717) is 0 Å². The van der Waals surface area contributed by atoms with Crippen LogP contribution >= 0.6 is 23.4 Å². The van der Waals surface area contributed by atoms with Crippen LogP contribution in [0.5, 0.6) is 0 Å². The van der Waals surface area contributed by atoms with Crippen molar-refractivity contribution >= 4 is 23.4 Å². The van der Waals surface area contributed by atoms with Crippen LogP contribution in [0.25, 0.3) is 0 Å². The topological polar surface area (TPSA) is 0 Å². The standard InChI is InChI=1S/C7H9ClF3S/c1-2-4-12-5-3-6(8)7(9,10)11/h3-4H,2,5H2,1H3/b6-3-. The maximum atomic E-state index is 11.7. The Morgan fingerprint density at radius 2 is 2.08 bits per heavy atom. The van der Waals surface area contributed by atoms with Gasteiger partial charge in [-0.15, -0.1) is 0 Å². The van der Waals surface area contributed by atoms with Gasteiger partial charge in [0.1, 0.15) is 5.03 Å². The van der Waals surface area contributed by atoms with Crippen LogP contribution in [0, 0.1) is 5.75 Å². The predicted octanol–water partition coefficient (Wildman–Crippen LogP) is 3.98. The first-order valence-electron chi connectivity index (χ1n) is 3.34. The van der Waals surface area contributed by atoms with Gasteiger partial charge in [-0.25, -0.2) is 0 Å². The highest BCUT2D eigenvalue weighted by Gasteiger charge is 2.31. The molecule has 0 aromatic rings. The van der Waals surface area contributed by atoms with Crippen LogP contribution in [-0.2, 0) is 0 Å². The summed E-state index contributed by atoms with van der Waals surface area (Å²) in [6, 6.07) is 0. The minimum atomic E-state index is -4.39. The lowest BCUT2D eigenvalue weighted by Crippen LogP contribution is -2.07. The highest BCUT2D eigenvalue weighted by Crippen LogP contribution is 2.28. The number of alkyl halides is 3. The van der Waals surface area contributed by atoms with Gasteiger partial charge in [-0.3, -0.25) is 0 Å². The molecular formula is C7H9ClF3S. The molecule has 0 amide bonds. The molecule has 1 radical (unpaired) electrons. The highest BCUT2D eigenvalue weighted by molar-refractivity contribution is 8.01. The van der Waals surface area contributed by atoms with Gasteiger partial charge in [0, 0.05) is 11.5 Å². The molecule has 0 bridgehead atoms. The van der Waals surface area contributed by atoms with Gasteiger partial charge in [0.15, 0.2) is 0 Å². The monoisotopic (exact) mass is 217 g/mol. The predicted molar refractivity (Wildman–Crippen MR) is 47.0 cm³/mol. The summed E-state index contributed by atoms with van der Waals surface area (Å²) in [6.45, 7) is 1.92. The Balaban J connectivity index is 3.70. The SMILES string of the molecule is CC[CH]SC/C=C(\Cl)C(F)(F)F. The summed E-state index contributed by atoms with van der Waals surface area (Å²) in [5, 5.41) is -1.04. The van der Waals surface area contributed by atoms with Crippen LogP contribution in [0.1, 0.15) is 13.3 Å². The first kappa shape index (κ1) is 12.2. The molecule has 0 N–H and O–H groups in total. The molecule has 0 fully saturated rings. The molecule has 0 aromatic heterocycles. The first-order chi connectivity index (χ1) is 5.48. The highest BCUT2D eigenvalue weighted by atomic mass is 35.5. The third-order valence-electron chi connectivity index (χ3n) is 0.914. The second kappa shape index (κ2) is 5.75. The van der Waals surface area contributed by atoms with Gasteiger partial charge in [-0.05, 0) is 6.42 Å². The Morgan fingerprint density at radius 3 is 2.50 bits per heavy atom. The lowest BCUT2D eigenvalue weighted by molar-refractivity contribution is -0.0846. The molecule has 0 spiro atoms. The van der Waals surface area contributed by atoms with Crippen molar-refractivity contribution in [2.75, 3.05) is 5.75 Å². The van der Waals surface area contributed by atoms with Crippen molar-refractivity contribution in [1.29, 1.82) is 0 Å². The number of hydrogen-bond acceptors (Lipinski definition) is 1. The Bertz CT molecular complexity index is 153. The van der Waals surface area contributed by atoms with E-state index in [1.54, 1.807) is 0 Å². The largest absolute Gasteiger partial charge is 0.426 e. The molecule has 0 aliphatic rings. The molecular weight excluding hydrogens is 209 g/mol. The fourth-order valence-electron chi connectivity index (χ4n) is 0.423. The van der Waals surface area contributed by atoms with E-state index in [1.807, 2.05) is 12.7 Å². The summed E-state index contributed by atoms with van der Waals surface area (Å²) in [6.07, 6.45) is -2.59. The molecule has 0 nitrogen and oxygen atoms in total. The summed E-state index contributed by atoms with van der Waals surface area (Å²) in [4.78, 5) is 0. The van der Waals surface area contributed by atoms with Gasteiger partial charge >= 0.3 is 6.18 Å². The zero-order valence-electron chi connectivity index (χ0n) is 6.49. The van der Waals surface area contributed by atoms with Crippen molar-refractivity contribution in [1.82, 2.24) is 0 Å². The zero-order chi connectivity index (χ0) is 9.61. The van der Waals surface area contributed by atoms with Crippen LogP contribution in [0.4, 0.5) is 13.2 Å². The van der Waals surface area contributed by atoms with Crippen molar-refractivity contribution in [3.05, 3.63) is 16.9 Å². The van der Waals surface area contributed by atoms with E-state index < -0.39 is 11.2 Å².